The number of hydrogen-bond donors (Lipinski definition) is 9. The van der Waals surface area contributed by atoms with Gasteiger partial charge in [0.1, 0.15) is 94.4 Å². The fourth-order valence-electron chi connectivity index (χ4n) is 11.3. The number of aryl methyl sites for hydroxylation is 4. The maximum atomic E-state index is 14.2. The maximum Gasteiger partial charge on any atom is 0.488 e. The van der Waals surface area contributed by atoms with Crippen LogP contribution in [0.2, 0.25) is 0 Å². The number of carbonyl (C=O) groups excluding carboxylic acids is 1. The van der Waals surface area contributed by atoms with Crippen molar-refractivity contribution in [3.8, 4) is 57.5 Å². The number of aromatic nitrogens is 18. The van der Waals surface area contributed by atoms with E-state index in [1.165, 1.54) is 107 Å². The van der Waals surface area contributed by atoms with Crippen LogP contribution in [0.5, 0.6) is 0 Å². The summed E-state index contributed by atoms with van der Waals surface area (Å²) in [4.78, 5) is 80.5. The van der Waals surface area contributed by atoms with Gasteiger partial charge in [-0.2, -0.15) is 9.03 Å². The Morgan fingerprint density at radius 1 is 0.455 bits per heavy atom. The molecule has 0 radical (unpaired) electrons. The molecule has 121 heavy (non-hydrogen) atoms. The normalized spacial score (nSPS) is 10.8. The highest BCUT2D eigenvalue weighted by molar-refractivity contribution is 9.11. The van der Waals surface area contributed by atoms with E-state index in [4.69, 9.17) is 61.5 Å². The lowest BCUT2D eigenvalue weighted by Crippen LogP contribution is -2.30. The zero-order valence-corrected chi connectivity index (χ0v) is 67.8. The fraction of sp³-hybridized carbons (Fsp3) is 0.132. The molecule has 12 aromatic heterocycles. The number of nitrogens with zero attached hydrogens (tertiary/aromatic N) is 18. The number of pyridine rings is 2. The van der Waals surface area contributed by atoms with Gasteiger partial charge in [-0.05, 0) is 159 Å². The van der Waals surface area contributed by atoms with Gasteiger partial charge in [0.2, 0.25) is 53.3 Å². The number of hydrogen-bond acceptors (Lipinski definition) is 29. The van der Waals surface area contributed by atoms with Gasteiger partial charge in [0.15, 0.2) is 22.9 Å². The third-order valence-corrected chi connectivity index (χ3v) is 18.9. The van der Waals surface area contributed by atoms with E-state index in [9.17, 15) is 44.7 Å². The number of anilines is 4. The smallest absolute Gasteiger partial charge is 0.481 e. The molecule has 0 atom stereocenters. The number of oxazole rings is 4. The molecular formula is C76H62BBr3F8N24O9. The van der Waals surface area contributed by atoms with E-state index in [2.05, 4.69) is 133 Å². The average Bonchev–Trinajstić information content (AvgIpc) is 1.64. The van der Waals surface area contributed by atoms with Gasteiger partial charge < -0.3 is 66.8 Å². The maximum absolute atomic E-state index is 14.2. The van der Waals surface area contributed by atoms with Crippen molar-refractivity contribution in [3.05, 3.63) is 275 Å². The number of carboxylic acid groups (broad SMARTS) is 1. The predicted molar refractivity (Wildman–Crippen MR) is 430 cm³/mol. The zero-order chi connectivity index (χ0) is 87.0. The van der Waals surface area contributed by atoms with Crippen molar-refractivity contribution in [3.63, 3.8) is 0 Å². The second-order valence-corrected chi connectivity index (χ2v) is 27.5. The molecule has 1 amide bonds. The molecule has 0 saturated heterocycles. The monoisotopic (exact) mass is 1850 g/mol. The molecule has 45 heteroatoms. The Labute approximate surface area is 702 Å². The SMILES string of the molecule is Cc1cc(-c2c(-c3ncco3)nc(N)n3nc(Cc4c(F)cccc4F)nc23)cc(C)n1.Cc1cc(B(O)O)cc(C)n1.NCc1nc(N)nc(-c2ncco2)c1Br.Nc1nc(-c2ncco2)c(Br)c2nc(Cc3c(F)cccc3F)nn12.Nc1nc(CNC(=O)Cc2c(F)cccc2F)c(Br)c(-c2ncco2)n1.O=C(O)Cc1c(F)cccc1F. The molecule has 12 heterocycles. The van der Waals surface area contributed by atoms with Crippen LogP contribution in [0, 0.1) is 74.2 Å². The summed E-state index contributed by atoms with van der Waals surface area (Å²) in [5.41, 5.74) is 36.1. The summed E-state index contributed by atoms with van der Waals surface area (Å²) in [6.45, 7) is 7.62. The third-order valence-electron chi connectivity index (χ3n) is 16.5. The lowest BCUT2D eigenvalue weighted by Gasteiger charge is -2.10. The number of amides is 1. The molecule has 0 unspecified atom stereocenters. The second-order valence-electron chi connectivity index (χ2n) is 25.2. The zero-order valence-electron chi connectivity index (χ0n) is 63.1. The number of benzene rings is 4. The topological polar surface area (TPSA) is 505 Å². The highest BCUT2D eigenvalue weighted by atomic mass is 79.9. The van der Waals surface area contributed by atoms with Gasteiger partial charge in [-0.1, -0.05) is 24.3 Å². The molecule has 0 aliphatic carbocycles. The Kier molecular flexibility index (Phi) is 28.9. The van der Waals surface area contributed by atoms with E-state index < -0.39 is 83.9 Å². The summed E-state index contributed by atoms with van der Waals surface area (Å²) in [5, 5.41) is 37.0. The minimum Gasteiger partial charge on any atom is -0.481 e. The minimum absolute atomic E-state index is 0.0318. The Balaban J connectivity index is 0.000000148. The molecule has 0 fully saturated rings. The van der Waals surface area contributed by atoms with Crippen molar-refractivity contribution in [1.29, 1.82) is 0 Å². The summed E-state index contributed by atoms with van der Waals surface area (Å²) in [5.74, 6) is -6.00. The highest BCUT2D eigenvalue weighted by Crippen LogP contribution is 2.37. The molecule has 0 aliphatic rings. The number of nitrogens with one attached hydrogen (secondary N) is 1. The summed E-state index contributed by atoms with van der Waals surface area (Å²) < 4.78 is 134. The molecule has 16 rings (SSSR count). The molecule has 16 aromatic rings. The summed E-state index contributed by atoms with van der Waals surface area (Å²) in [7, 11) is -1.39. The van der Waals surface area contributed by atoms with Gasteiger partial charge in [0.05, 0.1) is 74.5 Å². The van der Waals surface area contributed by atoms with Gasteiger partial charge in [-0.25, -0.2) is 94.9 Å². The quantitative estimate of drug-likeness (QED) is 0.0302. The van der Waals surface area contributed by atoms with Crippen molar-refractivity contribution in [2.45, 2.75) is 66.5 Å². The Morgan fingerprint density at radius 3 is 1.21 bits per heavy atom. The van der Waals surface area contributed by atoms with E-state index >= 15 is 0 Å². The molecule has 0 bridgehead atoms. The Hall–Kier alpha value is -13.8. The van der Waals surface area contributed by atoms with Gasteiger partial charge in [0.25, 0.3) is 0 Å². The van der Waals surface area contributed by atoms with Crippen molar-refractivity contribution < 1.29 is 77.5 Å². The van der Waals surface area contributed by atoms with Gasteiger partial charge >= 0.3 is 13.1 Å². The van der Waals surface area contributed by atoms with Gasteiger partial charge in [-0.15, -0.1) is 10.2 Å². The van der Waals surface area contributed by atoms with Crippen molar-refractivity contribution in [2.24, 2.45) is 5.73 Å². The van der Waals surface area contributed by atoms with Crippen LogP contribution in [0.25, 0.3) is 68.8 Å². The number of carbonyl (C=O) groups is 2. The Bertz CT molecular complexity index is 6270. The van der Waals surface area contributed by atoms with Crippen LogP contribution in [0.1, 0.15) is 68.1 Å². The van der Waals surface area contributed by atoms with E-state index in [1.807, 2.05) is 39.8 Å². The number of carboxylic acids is 1. The molecule has 14 N–H and O–H groups in total. The van der Waals surface area contributed by atoms with Crippen LogP contribution in [0.15, 0.2) is 178 Å². The van der Waals surface area contributed by atoms with E-state index in [-0.39, 0.29) is 95.7 Å². The largest absolute Gasteiger partial charge is 0.488 e. The van der Waals surface area contributed by atoms with E-state index in [0.717, 1.165) is 52.6 Å². The molecule has 33 nitrogen and oxygen atoms in total. The van der Waals surface area contributed by atoms with E-state index in [0.29, 0.717) is 75.8 Å². The number of nitrogens with two attached hydrogens (primary N) is 5. The first-order valence-electron chi connectivity index (χ1n) is 35.0. The molecule has 0 aliphatic heterocycles. The van der Waals surface area contributed by atoms with Crippen LogP contribution in [-0.4, -0.2) is 123 Å². The number of fused-ring (bicyclic) bond motifs is 2. The second kappa shape index (κ2) is 39.7. The number of nitrogen functional groups attached to an aromatic ring is 4. The minimum atomic E-state index is -1.39. The van der Waals surface area contributed by atoms with Crippen molar-refractivity contribution in [1.82, 2.24) is 94.3 Å². The van der Waals surface area contributed by atoms with Crippen LogP contribution in [0.4, 0.5) is 58.9 Å². The van der Waals surface area contributed by atoms with Gasteiger partial charge in [-0.3, -0.25) is 19.6 Å². The molecule has 4 aromatic carbocycles. The average molecular weight is 1860 g/mol. The summed E-state index contributed by atoms with van der Waals surface area (Å²) in [6.07, 6.45) is 10.3. The molecular weight excluding hydrogens is 1800 g/mol. The van der Waals surface area contributed by atoms with Crippen LogP contribution in [-0.2, 0) is 48.4 Å². The molecule has 0 spiro atoms. The highest BCUT2D eigenvalue weighted by Gasteiger charge is 2.27. The summed E-state index contributed by atoms with van der Waals surface area (Å²) in [6, 6.07) is 21.1. The number of aliphatic carboxylic acids is 1. The van der Waals surface area contributed by atoms with Gasteiger partial charge in [0, 0.05) is 64.4 Å². The first-order valence-corrected chi connectivity index (χ1v) is 37.4. The summed E-state index contributed by atoms with van der Waals surface area (Å²) >= 11 is 10.0. The van der Waals surface area contributed by atoms with Crippen LogP contribution >= 0.6 is 47.8 Å². The standard InChI is InChI=1S/C22H17F2N7O.C16H12BrF2N5O2.C15H9BrF2N6O.C8H8BrN5O.C8H6F2O2.C7H10BNO2/c1-11-8-13(9-12(2)27-11)18-19(21-26-6-7-32-21)29-22(25)31-20(18)28-17(30-31)10-14-15(23)4-3-5-16(14)24;17-13-11(23-16(20)24-14(13)15-21-4-5-26-15)7-22-12(25)6-8-9(18)2-1-3-10(8)19;16-11-12(14-20-4-5-25-14)22-15(19)24-13(11)21-10(23-24)6-7-8(17)2-1-3-9(7)18;9-5-4(3-10)13-8(11)14-6(5)7-12-1-2-15-7;9-6-2-1-3-7(10)5(6)4-8(11)12;1-5-3-7(8(10)11)4-6(2)9-5/h3-9H,10H2,1-2H3,(H2,25,29);1-5H,6-7H2,(H,22,25)(H2,20,23,24);1-5H,6H2,(H2,19,22);1-2H,3,10H2,(H2,11,13,14);1-3H,4H2,(H,11,12);3-4,10-11H,1-2H3. The first-order chi connectivity index (χ1) is 57.8. The molecule has 0 saturated carbocycles. The number of halogens is 11. The fourth-order valence-corrected chi connectivity index (χ4v) is 12.8. The third kappa shape index (κ3) is 22.0. The lowest BCUT2D eigenvalue weighted by atomic mass is 9.80. The first kappa shape index (κ1) is 88.1. The number of rotatable bonds is 17. The van der Waals surface area contributed by atoms with Crippen LogP contribution in [0.3, 0.4) is 0 Å². The predicted octanol–water partition coefficient (Wildman–Crippen LogP) is 11.4. The molecule has 620 valence electrons. The lowest BCUT2D eigenvalue weighted by molar-refractivity contribution is -0.136. The van der Waals surface area contributed by atoms with Crippen molar-refractivity contribution in [2.75, 3.05) is 22.9 Å². The Morgan fingerprint density at radius 2 is 0.810 bits per heavy atom. The van der Waals surface area contributed by atoms with Crippen molar-refractivity contribution >= 4 is 107 Å². The van der Waals surface area contributed by atoms with E-state index in [1.54, 1.807) is 12.1 Å². The van der Waals surface area contributed by atoms with Crippen LogP contribution < -0.4 is 39.4 Å².